The number of hydrogen-bond acceptors (Lipinski definition) is 3. The van der Waals surface area contributed by atoms with Crippen molar-refractivity contribution in [2.75, 3.05) is 20.3 Å². The first-order valence-corrected chi connectivity index (χ1v) is 8.22. The van der Waals surface area contributed by atoms with Crippen LogP contribution in [-0.4, -0.2) is 49.3 Å². The van der Waals surface area contributed by atoms with Crippen LogP contribution in [-0.2, 0) is 9.47 Å². The van der Waals surface area contributed by atoms with Crippen molar-refractivity contribution >= 4 is 16.7 Å². The molecule has 1 saturated heterocycles. The predicted molar refractivity (Wildman–Crippen MR) is 88.5 cm³/mol. The zero-order valence-electron chi connectivity index (χ0n) is 13.3. The minimum absolute atomic E-state index is 0.0122. The maximum Gasteiger partial charge on any atom is 0.254 e. The molecule has 23 heavy (non-hydrogen) atoms. The number of carbonyl (C=O) groups excluding carboxylic acids is 1. The van der Waals surface area contributed by atoms with E-state index in [4.69, 9.17) is 9.47 Å². The van der Waals surface area contributed by atoms with Crippen molar-refractivity contribution in [2.24, 2.45) is 0 Å². The zero-order valence-corrected chi connectivity index (χ0v) is 13.3. The maximum absolute atomic E-state index is 13.0. The lowest BCUT2D eigenvalue weighted by molar-refractivity contribution is -0.0946. The second-order valence-corrected chi connectivity index (χ2v) is 6.31. The van der Waals surface area contributed by atoms with E-state index in [1.165, 1.54) is 0 Å². The second-order valence-electron chi connectivity index (χ2n) is 6.31. The van der Waals surface area contributed by atoms with Crippen molar-refractivity contribution in [3.05, 3.63) is 48.0 Å². The molecule has 1 amide bonds. The average Bonchev–Trinajstić information content (AvgIpc) is 3.04. The lowest BCUT2D eigenvalue weighted by Crippen LogP contribution is -2.53. The van der Waals surface area contributed by atoms with Gasteiger partial charge in [-0.3, -0.25) is 4.79 Å². The van der Waals surface area contributed by atoms with E-state index in [9.17, 15) is 4.79 Å². The van der Waals surface area contributed by atoms with Crippen LogP contribution in [0.1, 0.15) is 23.2 Å². The van der Waals surface area contributed by atoms with E-state index < -0.39 is 0 Å². The molecule has 0 bridgehead atoms. The molecule has 0 N–H and O–H groups in total. The van der Waals surface area contributed by atoms with Crippen molar-refractivity contribution < 1.29 is 14.3 Å². The number of nitrogens with zero attached hydrogens (tertiary/aromatic N) is 1. The van der Waals surface area contributed by atoms with Crippen LogP contribution >= 0.6 is 0 Å². The fraction of sp³-hybridized carbons (Fsp3) is 0.421. The van der Waals surface area contributed by atoms with Gasteiger partial charge in [0.05, 0.1) is 18.8 Å². The van der Waals surface area contributed by atoms with Gasteiger partial charge < -0.3 is 14.4 Å². The van der Waals surface area contributed by atoms with Crippen LogP contribution < -0.4 is 0 Å². The molecule has 4 heteroatoms. The molecule has 1 heterocycles. The van der Waals surface area contributed by atoms with Crippen molar-refractivity contribution in [1.29, 1.82) is 0 Å². The summed E-state index contributed by atoms with van der Waals surface area (Å²) < 4.78 is 11.4. The summed E-state index contributed by atoms with van der Waals surface area (Å²) in [6.07, 6.45) is 2.01. The maximum atomic E-state index is 13.0. The van der Waals surface area contributed by atoms with Gasteiger partial charge in [-0.15, -0.1) is 0 Å². The summed E-state index contributed by atoms with van der Waals surface area (Å²) in [4.78, 5) is 15.0. The molecule has 4 rings (SSSR count). The number of rotatable bonds is 2. The van der Waals surface area contributed by atoms with Crippen LogP contribution in [0.5, 0.6) is 0 Å². The van der Waals surface area contributed by atoms with Crippen molar-refractivity contribution in [3.8, 4) is 0 Å². The number of hydrogen-bond donors (Lipinski definition) is 0. The summed E-state index contributed by atoms with van der Waals surface area (Å²) in [5.41, 5.74) is 0.755. The molecule has 2 fully saturated rings. The largest absolute Gasteiger partial charge is 0.379 e. The second kappa shape index (κ2) is 5.95. The van der Waals surface area contributed by atoms with E-state index in [1.54, 1.807) is 7.11 Å². The number of morpholine rings is 1. The quantitative estimate of drug-likeness (QED) is 0.856. The first kappa shape index (κ1) is 14.7. The van der Waals surface area contributed by atoms with Crippen LogP contribution in [0, 0.1) is 0 Å². The Morgan fingerprint density at radius 1 is 1.17 bits per heavy atom. The Bertz CT molecular complexity index is 729. The molecule has 0 aromatic heterocycles. The van der Waals surface area contributed by atoms with Gasteiger partial charge in [0.2, 0.25) is 0 Å². The van der Waals surface area contributed by atoms with E-state index in [1.807, 2.05) is 41.3 Å². The molecule has 0 unspecified atom stereocenters. The van der Waals surface area contributed by atoms with Crippen LogP contribution in [0.3, 0.4) is 0 Å². The van der Waals surface area contributed by atoms with E-state index in [-0.39, 0.29) is 24.2 Å². The molecule has 1 saturated carbocycles. The summed E-state index contributed by atoms with van der Waals surface area (Å²) in [6.45, 7) is 1.24. The summed E-state index contributed by atoms with van der Waals surface area (Å²) >= 11 is 0. The summed E-state index contributed by atoms with van der Waals surface area (Å²) in [6, 6.07) is 14.2. The topological polar surface area (TPSA) is 38.8 Å². The highest BCUT2D eigenvalue weighted by molar-refractivity contribution is 5.98. The first-order valence-electron chi connectivity index (χ1n) is 8.22. The highest BCUT2D eigenvalue weighted by Crippen LogP contribution is 2.32. The van der Waals surface area contributed by atoms with Gasteiger partial charge in [0.15, 0.2) is 0 Å². The zero-order chi connectivity index (χ0) is 15.8. The summed E-state index contributed by atoms with van der Waals surface area (Å²) in [5, 5.41) is 2.26. The van der Waals surface area contributed by atoms with Crippen LogP contribution in [0.2, 0.25) is 0 Å². The third kappa shape index (κ3) is 2.52. The van der Waals surface area contributed by atoms with E-state index >= 15 is 0 Å². The van der Waals surface area contributed by atoms with Gasteiger partial charge in [-0.25, -0.2) is 0 Å². The minimum atomic E-state index is 0.0122. The molecule has 0 spiro atoms. The number of carbonyl (C=O) groups is 1. The van der Waals surface area contributed by atoms with Crippen LogP contribution in [0.15, 0.2) is 42.5 Å². The summed E-state index contributed by atoms with van der Waals surface area (Å²) in [5.74, 6) is 0.103. The number of ether oxygens (including phenoxy) is 2. The molecule has 3 atom stereocenters. The van der Waals surface area contributed by atoms with Crippen molar-refractivity contribution in [1.82, 2.24) is 4.90 Å². The SMILES string of the molecule is CO[C@H]1CC[C@@H]2[C@@H]1OCCN2C(=O)c1ccc2ccccc2c1. The Morgan fingerprint density at radius 2 is 2.00 bits per heavy atom. The van der Waals surface area contributed by atoms with Crippen molar-refractivity contribution in [2.45, 2.75) is 31.1 Å². The molecule has 0 radical (unpaired) electrons. The van der Waals surface area contributed by atoms with Gasteiger partial charge in [-0.05, 0) is 35.7 Å². The Labute approximate surface area is 136 Å². The lowest BCUT2D eigenvalue weighted by atomic mass is 10.0. The molecule has 2 aromatic rings. The Morgan fingerprint density at radius 3 is 2.83 bits per heavy atom. The van der Waals surface area contributed by atoms with Gasteiger partial charge in [0, 0.05) is 19.2 Å². The normalized spacial score (nSPS) is 27.2. The average molecular weight is 311 g/mol. The molecule has 1 aliphatic heterocycles. The smallest absolute Gasteiger partial charge is 0.254 e. The van der Waals surface area contributed by atoms with Gasteiger partial charge >= 0.3 is 0 Å². The predicted octanol–water partition coefficient (Wildman–Crippen LogP) is 2.86. The number of benzene rings is 2. The Balaban J connectivity index is 1.62. The monoisotopic (exact) mass is 311 g/mol. The molecule has 1 aliphatic carbocycles. The Kier molecular flexibility index (Phi) is 3.79. The number of methoxy groups -OCH3 is 1. The van der Waals surface area contributed by atoms with Crippen LogP contribution in [0.4, 0.5) is 0 Å². The minimum Gasteiger partial charge on any atom is -0.379 e. The fourth-order valence-corrected chi connectivity index (χ4v) is 3.91. The van der Waals surface area contributed by atoms with Crippen LogP contribution in [0.25, 0.3) is 10.8 Å². The molecule has 2 aromatic carbocycles. The molecule has 4 nitrogen and oxygen atoms in total. The lowest BCUT2D eigenvalue weighted by Gasteiger charge is -2.39. The van der Waals surface area contributed by atoms with E-state index in [0.29, 0.717) is 13.2 Å². The highest BCUT2D eigenvalue weighted by Gasteiger charge is 2.44. The van der Waals surface area contributed by atoms with Gasteiger partial charge in [-0.2, -0.15) is 0 Å². The number of fused-ring (bicyclic) bond motifs is 2. The fourth-order valence-electron chi connectivity index (χ4n) is 3.91. The van der Waals surface area contributed by atoms with E-state index in [2.05, 4.69) is 6.07 Å². The van der Waals surface area contributed by atoms with Crippen molar-refractivity contribution in [3.63, 3.8) is 0 Å². The standard InChI is InChI=1S/C19H21NO3/c1-22-17-9-8-16-18(17)23-11-10-20(16)19(21)15-7-6-13-4-2-3-5-14(13)12-15/h2-7,12,16-18H,8-11H2,1H3/t16-,17+,18+/m1/s1. The first-order chi connectivity index (χ1) is 11.3. The molecule has 120 valence electrons. The molecular formula is C19H21NO3. The highest BCUT2D eigenvalue weighted by atomic mass is 16.5. The molecular weight excluding hydrogens is 290 g/mol. The van der Waals surface area contributed by atoms with Gasteiger partial charge in [0.1, 0.15) is 6.10 Å². The third-order valence-electron chi connectivity index (χ3n) is 5.10. The third-order valence-corrected chi connectivity index (χ3v) is 5.10. The summed E-state index contributed by atoms with van der Waals surface area (Å²) in [7, 11) is 1.72. The number of amides is 1. The van der Waals surface area contributed by atoms with Gasteiger partial charge in [-0.1, -0.05) is 30.3 Å². The molecule has 2 aliphatic rings. The van der Waals surface area contributed by atoms with E-state index in [0.717, 1.165) is 29.2 Å². The Hall–Kier alpha value is -1.91. The van der Waals surface area contributed by atoms with Gasteiger partial charge in [0.25, 0.3) is 5.91 Å².